The second-order valence-corrected chi connectivity index (χ2v) is 10.9. The summed E-state index contributed by atoms with van der Waals surface area (Å²) in [5.41, 5.74) is 5.60. The van der Waals surface area contributed by atoms with E-state index in [9.17, 15) is 0 Å². The monoisotopic (exact) mass is 368 g/mol. The summed E-state index contributed by atoms with van der Waals surface area (Å²) in [6, 6.07) is 7.75. The normalized spacial score (nSPS) is 33.0. The van der Waals surface area contributed by atoms with Crippen LogP contribution in [0.3, 0.4) is 0 Å². The Kier molecular flexibility index (Phi) is 4.65. The van der Waals surface area contributed by atoms with E-state index in [-0.39, 0.29) is 0 Å². The first-order valence-electron chi connectivity index (χ1n) is 11.3. The van der Waals surface area contributed by atoms with Crippen LogP contribution < -0.4 is 4.90 Å². The van der Waals surface area contributed by atoms with E-state index < -0.39 is 0 Å². The number of nitrogens with zero attached hydrogens (tertiary/aromatic N) is 2. The van der Waals surface area contributed by atoms with Crippen LogP contribution in [-0.4, -0.2) is 30.7 Å². The van der Waals surface area contributed by atoms with Crippen LogP contribution in [0.2, 0.25) is 0 Å². The molecule has 4 rings (SSSR count). The van der Waals surface area contributed by atoms with Crippen molar-refractivity contribution < 1.29 is 0 Å². The average molecular weight is 369 g/mol. The molecule has 0 N–H and O–H groups in total. The standard InChI is InChI=1S/C25H40N2/c1-17(2)20-9-8-10-21(18(3)4)23(20)27-14-13-26(16-27)22-15-19-11-12-25(22,7)24(19,5)6/h8-10,17-19,22H,11-16H2,1-7H3/t19?,22-,25?/m1/s1. The minimum absolute atomic E-state index is 0.492. The fourth-order valence-corrected chi connectivity index (χ4v) is 6.64. The Morgan fingerprint density at radius 2 is 1.59 bits per heavy atom. The first-order chi connectivity index (χ1) is 12.7. The number of hydrogen-bond donors (Lipinski definition) is 0. The summed E-state index contributed by atoms with van der Waals surface area (Å²) in [5, 5.41) is 0. The van der Waals surface area contributed by atoms with E-state index >= 15 is 0 Å². The Morgan fingerprint density at radius 3 is 2.07 bits per heavy atom. The topological polar surface area (TPSA) is 6.48 Å². The van der Waals surface area contributed by atoms with E-state index in [2.05, 4.69) is 76.5 Å². The van der Waals surface area contributed by atoms with E-state index in [1.807, 2.05) is 0 Å². The van der Waals surface area contributed by atoms with Gasteiger partial charge in [0.05, 0.1) is 6.67 Å². The van der Waals surface area contributed by atoms with Crippen LogP contribution in [0.15, 0.2) is 18.2 Å². The summed E-state index contributed by atoms with van der Waals surface area (Å²) >= 11 is 0. The van der Waals surface area contributed by atoms with E-state index in [1.54, 1.807) is 0 Å². The fraction of sp³-hybridized carbons (Fsp3) is 0.760. The smallest absolute Gasteiger partial charge is 0.0711 e. The highest BCUT2D eigenvalue weighted by molar-refractivity contribution is 5.62. The van der Waals surface area contributed by atoms with Crippen LogP contribution in [0.1, 0.15) is 90.7 Å². The van der Waals surface area contributed by atoms with Gasteiger partial charge in [0.2, 0.25) is 0 Å². The van der Waals surface area contributed by atoms with Crippen molar-refractivity contribution in [3.8, 4) is 0 Å². The van der Waals surface area contributed by atoms with Gasteiger partial charge in [-0.2, -0.15) is 0 Å². The molecule has 0 amide bonds. The highest BCUT2D eigenvalue weighted by Crippen LogP contribution is 2.66. The zero-order valence-electron chi connectivity index (χ0n) is 18.7. The molecule has 150 valence electrons. The highest BCUT2D eigenvalue weighted by Gasteiger charge is 2.62. The molecule has 27 heavy (non-hydrogen) atoms. The molecular formula is C25H40N2. The Hall–Kier alpha value is -1.02. The predicted molar refractivity (Wildman–Crippen MR) is 117 cm³/mol. The molecule has 2 bridgehead atoms. The summed E-state index contributed by atoms with van der Waals surface area (Å²) in [6.45, 7) is 20.6. The molecule has 2 heteroatoms. The molecule has 3 fully saturated rings. The third kappa shape index (κ3) is 2.77. The molecule has 1 aliphatic heterocycles. The van der Waals surface area contributed by atoms with Crippen molar-refractivity contribution in [3.05, 3.63) is 29.3 Å². The molecule has 1 heterocycles. The van der Waals surface area contributed by atoms with E-state index in [0.717, 1.165) is 18.6 Å². The Bertz CT molecular complexity index is 678. The molecule has 2 aliphatic carbocycles. The van der Waals surface area contributed by atoms with Gasteiger partial charge in [0.1, 0.15) is 0 Å². The Labute approximate surface area is 167 Å². The maximum absolute atomic E-state index is 2.84. The molecule has 2 saturated carbocycles. The molecule has 1 aromatic rings. The lowest BCUT2D eigenvalue weighted by atomic mass is 9.69. The number of fused-ring (bicyclic) bond motifs is 2. The van der Waals surface area contributed by atoms with Crippen molar-refractivity contribution in [2.75, 3.05) is 24.7 Å². The molecule has 1 aromatic carbocycles. The lowest BCUT2D eigenvalue weighted by molar-refractivity contribution is 0.0576. The van der Waals surface area contributed by atoms with Gasteiger partial charge in [0, 0.05) is 24.8 Å². The van der Waals surface area contributed by atoms with Gasteiger partial charge < -0.3 is 4.90 Å². The van der Waals surface area contributed by atoms with Crippen molar-refractivity contribution >= 4 is 5.69 Å². The molecule has 2 unspecified atom stereocenters. The lowest BCUT2D eigenvalue weighted by Crippen LogP contribution is -2.46. The second-order valence-electron chi connectivity index (χ2n) is 10.9. The quantitative estimate of drug-likeness (QED) is 0.622. The maximum Gasteiger partial charge on any atom is 0.0711 e. The van der Waals surface area contributed by atoms with Gasteiger partial charge in [-0.25, -0.2) is 0 Å². The van der Waals surface area contributed by atoms with Gasteiger partial charge in [-0.3, -0.25) is 4.90 Å². The number of benzene rings is 1. The zero-order chi connectivity index (χ0) is 19.6. The minimum Gasteiger partial charge on any atom is -0.357 e. The summed E-state index contributed by atoms with van der Waals surface area (Å²) in [7, 11) is 0. The van der Waals surface area contributed by atoms with Gasteiger partial charge in [-0.15, -0.1) is 0 Å². The van der Waals surface area contributed by atoms with Gasteiger partial charge in [0.15, 0.2) is 0 Å². The van der Waals surface area contributed by atoms with Crippen LogP contribution in [0.5, 0.6) is 0 Å². The summed E-state index contributed by atoms with van der Waals surface area (Å²) < 4.78 is 0. The van der Waals surface area contributed by atoms with Gasteiger partial charge in [-0.05, 0) is 59.0 Å². The van der Waals surface area contributed by atoms with E-state index in [1.165, 1.54) is 49.2 Å². The summed E-state index contributed by atoms with van der Waals surface area (Å²) in [6.07, 6.45) is 4.29. The first kappa shape index (κ1) is 19.3. The zero-order valence-corrected chi connectivity index (χ0v) is 18.7. The molecule has 1 saturated heterocycles. The van der Waals surface area contributed by atoms with E-state index in [0.29, 0.717) is 22.7 Å². The van der Waals surface area contributed by atoms with Gasteiger partial charge in [0.25, 0.3) is 0 Å². The van der Waals surface area contributed by atoms with Crippen LogP contribution >= 0.6 is 0 Å². The maximum atomic E-state index is 2.84. The van der Waals surface area contributed by atoms with Gasteiger partial charge in [-0.1, -0.05) is 66.7 Å². The van der Waals surface area contributed by atoms with Crippen molar-refractivity contribution in [1.29, 1.82) is 0 Å². The van der Waals surface area contributed by atoms with Crippen LogP contribution in [0.25, 0.3) is 0 Å². The van der Waals surface area contributed by atoms with Crippen molar-refractivity contribution in [2.24, 2.45) is 16.7 Å². The van der Waals surface area contributed by atoms with Crippen molar-refractivity contribution in [2.45, 2.75) is 85.6 Å². The SMILES string of the molecule is CC(C)c1cccc(C(C)C)c1N1CCN([C@@H]2CC3CCC2(C)C3(C)C)C1. The van der Waals surface area contributed by atoms with Crippen LogP contribution in [0.4, 0.5) is 5.69 Å². The molecular weight excluding hydrogens is 328 g/mol. The molecule has 3 aliphatic rings. The van der Waals surface area contributed by atoms with Crippen LogP contribution in [-0.2, 0) is 0 Å². The predicted octanol–water partition coefficient (Wildman–Crippen LogP) is 6.23. The average Bonchev–Trinajstić information content (AvgIpc) is 3.23. The molecule has 0 aromatic heterocycles. The Balaban J connectivity index is 1.61. The highest BCUT2D eigenvalue weighted by atomic mass is 15.4. The third-order valence-corrected chi connectivity index (χ3v) is 8.86. The van der Waals surface area contributed by atoms with Gasteiger partial charge >= 0.3 is 0 Å². The third-order valence-electron chi connectivity index (χ3n) is 8.86. The summed E-state index contributed by atoms with van der Waals surface area (Å²) in [5.74, 6) is 2.08. The minimum atomic E-state index is 0.492. The fourth-order valence-electron chi connectivity index (χ4n) is 6.64. The number of hydrogen-bond acceptors (Lipinski definition) is 2. The Morgan fingerprint density at radius 1 is 0.963 bits per heavy atom. The summed E-state index contributed by atoms with van der Waals surface area (Å²) in [4.78, 5) is 5.54. The molecule has 2 nitrogen and oxygen atoms in total. The number of rotatable bonds is 4. The van der Waals surface area contributed by atoms with E-state index in [4.69, 9.17) is 0 Å². The molecule has 0 radical (unpaired) electrons. The largest absolute Gasteiger partial charge is 0.357 e. The molecule has 3 atom stereocenters. The van der Waals surface area contributed by atoms with Crippen molar-refractivity contribution in [1.82, 2.24) is 4.90 Å². The number of anilines is 1. The molecule has 0 spiro atoms. The van der Waals surface area contributed by atoms with Crippen LogP contribution in [0, 0.1) is 16.7 Å². The first-order valence-corrected chi connectivity index (χ1v) is 11.3. The van der Waals surface area contributed by atoms with Crippen molar-refractivity contribution in [3.63, 3.8) is 0 Å². The second kappa shape index (κ2) is 6.51. The number of para-hydroxylation sites is 1. The lowest BCUT2D eigenvalue weighted by Gasteiger charge is -2.43.